The maximum Gasteiger partial charge on any atom is 0.263 e. The molecule has 1 aromatic carbocycles. The minimum Gasteiger partial charge on any atom is -0.388 e. The normalized spacial score (nSPS) is 16.6. The number of aromatic nitrogens is 1. The molecule has 1 fully saturated rings. The van der Waals surface area contributed by atoms with Crippen molar-refractivity contribution in [3.8, 4) is 10.6 Å². The number of benzene rings is 1. The fraction of sp³-hybridized carbons (Fsp3) is 0.375. The first-order valence-electron chi connectivity index (χ1n) is 7.29. The van der Waals surface area contributed by atoms with Gasteiger partial charge in [-0.1, -0.05) is 25.0 Å². The van der Waals surface area contributed by atoms with Gasteiger partial charge in [0.25, 0.3) is 5.91 Å². The summed E-state index contributed by atoms with van der Waals surface area (Å²) in [6.45, 7) is 0.249. The van der Waals surface area contributed by atoms with Crippen LogP contribution >= 0.6 is 11.3 Å². The summed E-state index contributed by atoms with van der Waals surface area (Å²) < 4.78 is 13.7. The van der Waals surface area contributed by atoms with E-state index in [0.717, 1.165) is 37.0 Å². The van der Waals surface area contributed by atoms with Crippen molar-refractivity contribution >= 4 is 17.2 Å². The molecule has 0 bridgehead atoms. The second kappa shape index (κ2) is 6.14. The molecule has 0 saturated heterocycles. The van der Waals surface area contributed by atoms with Crippen molar-refractivity contribution in [3.63, 3.8) is 0 Å². The predicted octanol–water partition coefficient (Wildman–Crippen LogP) is 2.98. The first kappa shape index (κ1) is 15.1. The Labute approximate surface area is 132 Å². The molecule has 2 N–H and O–H groups in total. The highest BCUT2D eigenvalue weighted by atomic mass is 32.1. The van der Waals surface area contributed by atoms with Crippen LogP contribution in [0, 0.1) is 5.82 Å². The van der Waals surface area contributed by atoms with Crippen LogP contribution in [0.1, 0.15) is 35.4 Å². The van der Waals surface area contributed by atoms with Gasteiger partial charge < -0.3 is 10.4 Å². The topological polar surface area (TPSA) is 62.2 Å². The van der Waals surface area contributed by atoms with Crippen molar-refractivity contribution in [2.75, 3.05) is 6.54 Å². The predicted molar refractivity (Wildman–Crippen MR) is 83.3 cm³/mol. The first-order chi connectivity index (χ1) is 10.6. The largest absolute Gasteiger partial charge is 0.388 e. The lowest BCUT2D eigenvalue weighted by atomic mass is 10.0. The Bertz CT molecular complexity index is 680. The zero-order valence-corrected chi connectivity index (χ0v) is 12.8. The summed E-state index contributed by atoms with van der Waals surface area (Å²) in [6, 6.07) is 6.35. The number of nitrogens with one attached hydrogen (secondary N) is 1. The first-order valence-corrected chi connectivity index (χ1v) is 8.10. The van der Waals surface area contributed by atoms with Crippen LogP contribution in [0.3, 0.4) is 0 Å². The second-order valence-corrected chi connectivity index (χ2v) is 6.65. The van der Waals surface area contributed by atoms with E-state index in [1.165, 1.54) is 12.3 Å². The maximum atomic E-state index is 13.7. The van der Waals surface area contributed by atoms with Crippen LogP contribution in [0.25, 0.3) is 10.6 Å². The molecule has 0 radical (unpaired) electrons. The van der Waals surface area contributed by atoms with E-state index >= 15 is 0 Å². The zero-order valence-electron chi connectivity index (χ0n) is 12.0. The third-order valence-corrected chi connectivity index (χ3v) is 4.98. The van der Waals surface area contributed by atoms with Crippen molar-refractivity contribution in [3.05, 3.63) is 41.2 Å². The number of hydrogen-bond acceptors (Lipinski definition) is 4. The molecule has 22 heavy (non-hydrogen) atoms. The van der Waals surface area contributed by atoms with Gasteiger partial charge in [-0.3, -0.25) is 4.79 Å². The quantitative estimate of drug-likeness (QED) is 0.910. The number of hydrogen-bond donors (Lipinski definition) is 2. The van der Waals surface area contributed by atoms with Crippen molar-refractivity contribution < 1.29 is 14.3 Å². The SMILES string of the molecule is O=C(NCC1(O)CCCC1)c1cnc(-c2ccccc2F)s1. The lowest BCUT2D eigenvalue weighted by Crippen LogP contribution is -2.40. The molecular weight excluding hydrogens is 303 g/mol. The Kier molecular flexibility index (Phi) is 4.22. The van der Waals surface area contributed by atoms with Crippen LogP contribution in [0.2, 0.25) is 0 Å². The molecule has 1 aromatic heterocycles. The van der Waals surface area contributed by atoms with Crippen LogP contribution in [0.4, 0.5) is 4.39 Å². The molecule has 3 rings (SSSR count). The Morgan fingerprint density at radius 2 is 2.09 bits per heavy atom. The molecule has 1 heterocycles. The number of nitrogens with zero attached hydrogens (tertiary/aromatic N) is 1. The van der Waals surface area contributed by atoms with Crippen molar-refractivity contribution in [1.29, 1.82) is 0 Å². The van der Waals surface area contributed by atoms with Gasteiger partial charge in [-0.25, -0.2) is 9.37 Å². The van der Waals surface area contributed by atoms with Gasteiger partial charge in [-0.15, -0.1) is 11.3 Å². The second-order valence-electron chi connectivity index (χ2n) is 5.62. The maximum absolute atomic E-state index is 13.7. The van der Waals surface area contributed by atoms with E-state index in [-0.39, 0.29) is 18.3 Å². The fourth-order valence-corrected chi connectivity index (χ4v) is 3.54. The van der Waals surface area contributed by atoms with Crippen LogP contribution in [0.5, 0.6) is 0 Å². The average Bonchev–Trinajstić information content (AvgIpc) is 3.15. The molecule has 0 atom stereocenters. The number of amides is 1. The summed E-state index contributed by atoms with van der Waals surface area (Å²) >= 11 is 1.14. The van der Waals surface area contributed by atoms with E-state index in [1.807, 2.05) is 0 Å². The number of halogens is 1. The highest BCUT2D eigenvalue weighted by molar-refractivity contribution is 7.16. The summed E-state index contributed by atoms with van der Waals surface area (Å²) in [5.74, 6) is -0.635. The van der Waals surface area contributed by atoms with Crippen LogP contribution in [0.15, 0.2) is 30.5 Å². The number of carbonyl (C=O) groups is 1. The van der Waals surface area contributed by atoms with Gasteiger partial charge in [0.15, 0.2) is 0 Å². The molecule has 0 unspecified atom stereocenters. The van der Waals surface area contributed by atoms with Gasteiger partial charge in [-0.2, -0.15) is 0 Å². The van der Waals surface area contributed by atoms with E-state index in [2.05, 4.69) is 10.3 Å². The summed E-state index contributed by atoms with van der Waals surface area (Å²) in [7, 11) is 0. The van der Waals surface area contributed by atoms with E-state index < -0.39 is 5.60 Å². The van der Waals surface area contributed by atoms with Crippen molar-refractivity contribution in [2.45, 2.75) is 31.3 Å². The highest BCUT2D eigenvalue weighted by Crippen LogP contribution is 2.29. The van der Waals surface area contributed by atoms with Gasteiger partial charge in [0.1, 0.15) is 15.7 Å². The summed E-state index contributed by atoms with van der Waals surface area (Å²) in [6.07, 6.45) is 4.86. The standard InChI is InChI=1S/C16H17FN2O2S/c17-12-6-2-1-5-11(12)15-18-9-13(22-15)14(20)19-10-16(21)7-3-4-8-16/h1-2,5-6,9,21H,3-4,7-8,10H2,(H,19,20). The van der Waals surface area contributed by atoms with Crippen molar-refractivity contribution in [2.24, 2.45) is 0 Å². The van der Waals surface area contributed by atoms with Crippen molar-refractivity contribution in [1.82, 2.24) is 10.3 Å². The molecule has 0 spiro atoms. The van der Waals surface area contributed by atoms with Gasteiger partial charge >= 0.3 is 0 Å². The van der Waals surface area contributed by atoms with Gasteiger partial charge in [0, 0.05) is 12.1 Å². The number of thiazole rings is 1. The molecule has 4 nitrogen and oxygen atoms in total. The minimum absolute atomic E-state index is 0.249. The third-order valence-electron chi connectivity index (χ3n) is 3.95. The van der Waals surface area contributed by atoms with Gasteiger partial charge in [-0.05, 0) is 25.0 Å². The Hall–Kier alpha value is -1.79. The number of aliphatic hydroxyl groups is 1. The van der Waals surface area contributed by atoms with Crippen LogP contribution in [-0.4, -0.2) is 28.1 Å². The molecule has 6 heteroatoms. The summed E-state index contributed by atoms with van der Waals surface area (Å²) in [5, 5.41) is 13.5. The molecule has 0 aliphatic heterocycles. The van der Waals surface area contributed by atoms with E-state index in [1.54, 1.807) is 18.2 Å². The molecule has 1 saturated carbocycles. The molecule has 1 aliphatic rings. The molecule has 2 aromatic rings. The molecule has 116 valence electrons. The molecular formula is C16H17FN2O2S. The highest BCUT2D eigenvalue weighted by Gasteiger charge is 2.31. The zero-order chi connectivity index (χ0) is 15.6. The lowest BCUT2D eigenvalue weighted by Gasteiger charge is -2.21. The lowest BCUT2D eigenvalue weighted by molar-refractivity contribution is 0.0450. The Balaban J connectivity index is 1.68. The monoisotopic (exact) mass is 320 g/mol. The van der Waals surface area contributed by atoms with Gasteiger partial charge in [0.2, 0.25) is 0 Å². The number of carbonyl (C=O) groups excluding carboxylic acids is 1. The fourth-order valence-electron chi connectivity index (χ4n) is 2.68. The molecule has 1 amide bonds. The van der Waals surface area contributed by atoms with E-state index in [4.69, 9.17) is 0 Å². The summed E-state index contributed by atoms with van der Waals surface area (Å²) in [4.78, 5) is 16.7. The minimum atomic E-state index is -0.783. The number of rotatable bonds is 4. The average molecular weight is 320 g/mol. The Morgan fingerprint density at radius 3 is 2.82 bits per heavy atom. The smallest absolute Gasteiger partial charge is 0.263 e. The van der Waals surface area contributed by atoms with Crippen LogP contribution < -0.4 is 5.32 Å². The summed E-state index contributed by atoms with van der Waals surface area (Å²) in [5.41, 5.74) is -0.393. The van der Waals surface area contributed by atoms with Crippen LogP contribution in [-0.2, 0) is 0 Å². The Morgan fingerprint density at radius 1 is 1.36 bits per heavy atom. The third kappa shape index (κ3) is 3.18. The van der Waals surface area contributed by atoms with E-state index in [9.17, 15) is 14.3 Å². The van der Waals surface area contributed by atoms with Gasteiger partial charge in [0.05, 0.1) is 11.8 Å². The molecule has 1 aliphatic carbocycles. The van der Waals surface area contributed by atoms with E-state index in [0.29, 0.717) is 15.4 Å².